The largest absolute Gasteiger partial charge is 0.309 e. The molecule has 8 heteroatoms. The molecule has 0 aliphatic rings. The summed E-state index contributed by atoms with van der Waals surface area (Å²) in [6, 6.07) is 8.47. The molecular formula is C22H25N5OS2. The highest BCUT2D eigenvalue weighted by molar-refractivity contribution is 7.98. The number of nitrogens with zero attached hydrogens (tertiary/aromatic N) is 4. The summed E-state index contributed by atoms with van der Waals surface area (Å²) in [4.78, 5) is 21.9. The second kappa shape index (κ2) is 7.67. The third-order valence-corrected chi connectivity index (χ3v) is 7.40. The van der Waals surface area contributed by atoms with E-state index >= 15 is 0 Å². The van der Waals surface area contributed by atoms with E-state index < -0.39 is 0 Å². The fraction of sp³-hybridized carbons (Fsp3) is 0.364. The minimum Gasteiger partial charge on any atom is -0.309 e. The number of rotatable bonds is 4. The van der Waals surface area contributed by atoms with Gasteiger partial charge in [0.2, 0.25) is 0 Å². The van der Waals surface area contributed by atoms with Crippen LogP contribution in [0, 0.1) is 13.8 Å². The van der Waals surface area contributed by atoms with Crippen LogP contribution in [-0.4, -0.2) is 24.7 Å². The van der Waals surface area contributed by atoms with Crippen LogP contribution >= 0.6 is 23.1 Å². The molecule has 3 aromatic heterocycles. The van der Waals surface area contributed by atoms with Crippen LogP contribution in [0.1, 0.15) is 42.6 Å². The van der Waals surface area contributed by atoms with Crippen LogP contribution < -0.4 is 5.56 Å². The molecule has 0 aliphatic heterocycles. The summed E-state index contributed by atoms with van der Waals surface area (Å²) in [5.74, 6) is 1.99. The molecule has 0 fully saturated rings. The quantitative estimate of drug-likeness (QED) is 0.454. The van der Waals surface area contributed by atoms with E-state index in [0.717, 1.165) is 31.8 Å². The van der Waals surface area contributed by atoms with Crippen molar-refractivity contribution in [3.8, 4) is 11.4 Å². The Balaban J connectivity index is 1.55. The summed E-state index contributed by atoms with van der Waals surface area (Å²) in [5, 5.41) is 10.2. The monoisotopic (exact) mass is 439 g/mol. The Morgan fingerprint density at radius 1 is 1.13 bits per heavy atom. The lowest BCUT2D eigenvalue weighted by Gasteiger charge is -2.19. The van der Waals surface area contributed by atoms with E-state index in [1.807, 2.05) is 25.5 Å². The number of fused-ring (bicyclic) bond motifs is 1. The van der Waals surface area contributed by atoms with Crippen molar-refractivity contribution in [2.45, 2.75) is 50.9 Å². The molecule has 1 N–H and O–H groups in total. The maximum absolute atomic E-state index is 12.5. The number of aryl methyl sites for hydroxylation is 2. The maximum atomic E-state index is 12.5. The van der Waals surface area contributed by atoms with Crippen LogP contribution in [0.3, 0.4) is 0 Å². The van der Waals surface area contributed by atoms with Crippen molar-refractivity contribution in [2.75, 3.05) is 0 Å². The Labute approximate surface area is 183 Å². The Bertz CT molecular complexity index is 1280. The van der Waals surface area contributed by atoms with Gasteiger partial charge < -0.3 is 9.55 Å². The molecule has 0 amide bonds. The van der Waals surface area contributed by atoms with E-state index in [0.29, 0.717) is 17.0 Å². The third-order valence-electron chi connectivity index (χ3n) is 5.27. The Hall–Kier alpha value is -2.45. The van der Waals surface area contributed by atoms with E-state index in [1.54, 1.807) is 11.3 Å². The first-order chi connectivity index (χ1) is 14.1. The molecule has 0 aliphatic carbocycles. The molecule has 0 saturated heterocycles. The van der Waals surface area contributed by atoms with Crippen LogP contribution in [0.4, 0.5) is 0 Å². The molecule has 4 aromatic rings. The first kappa shape index (κ1) is 20.8. The minimum absolute atomic E-state index is 0.0740. The van der Waals surface area contributed by atoms with Gasteiger partial charge in [-0.1, -0.05) is 56.8 Å². The second-order valence-electron chi connectivity index (χ2n) is 8.46. The SMILES string of the molecule is Cc1sc2nc(CSc3nnc(-c4ccc(C(C)(C)C)cc4)n3C)[nH]c(=O)c2c1C. The summed E-state index contributed by atoms with van der Waals surface area (Å²) in [7, 11) is 1.96. The van der Waals surface area contributed by atoms with Gasteiger partial charge in [0.15, 0.2) is 11.0 Å². The molecule has 0 radical (unpaired) electrons. The van der Waals surface area contributed by atoms with Crippen LogP contribution in [-0.2, 0) is 18.2 Å². The summed E-state index contributed by atoms with van der Waals surface area (Å²) < 4.78 is 1.98. The first-order valence-corrected chi connectivity index (χ1v) is 11.6. The number of benzene rings is 1. The van der Waals surface area contributed by atoms with Gasteiger partial charge in [0.1, 0.15) is 10.7 Å². The number of hydrogen-bond acceptors (Lipinski definition) is 6. The van der Waals surface area contributed by atoms with Gasteiger partial charge in [-0.05, 0) is 30.4 Å². The molecule has 156 valence electrons. The molecule has 30 heavy (non-hydrogen) atoms. The average molecular weight is 440 g/mol. The van der Waals surface area contributed by atoms with Crippen LogP contribution in [0.15, 0.2) is 34.2 Å². The van der Waals surface area contributed by atoms with Crippen LogP contribution in [0.2, 0.25) is 0 Å². The third kappa shape index (κ3) is 3.81. The molecule has 6 nitrogen and oxygen atoms in total. The number of hydrogen-bond donors (Lipinski definition) is 1. The van der Waals surface area contributed by atoms with E-state index in [4.69, 9.17) is 0 Å². The molecule has 0 spiro atoms. The molecular weight excluding hydrogens is 414 g/mol. The minimum atomic E-state index is -0.0740. The molecule has 0 bridgehead atoms. The van der Waals surface area contributed by atoms with Gasteiger partial charge in [0, 0.05) is 17.5 Å². The standard InChI is InChI=1S/C22H25N5OS2/c1-12-13(2)30-20-17(12)19(28)23-16(24-20)11-29-21-26-25-18(27(21)6)14-7-9-15(10-8-14)22(3,4)5/h7-10H,11H2,1-6H3,(H,23,24,28). The van der Waals surface area contributed by atoms with Crippen molar-refractivity contribution in [2.24, 2.45) is 7.05 Å². The lowest BCUT2D eigenvalue weighted by Crippen LogP contribution is -2.11. The smallest absolute Gasteiger partial charge is 0.259 e. The van der Waals surface area contributed by atoms with Crippen molar-refractivity contribution < 1.29 is 0 Å². The summed E-state index contributed by atoms with van der Waals surface area (Å²) in [6.07, 6.45) is 0. The van der Waals surface area contributed by atoms with E-state index in [9.17, 15) is 4.79 Å². The van der Waals surface area contributed by atoms with Crippen LogP contribution in [0.5, 0.6) is 0 Å². The van der Waals surface area contributed by atoms with Gasteiger partial charge in [-0.15, -0.1) is 21.5 Å². The number of H-pyrrole nitrogens is 1. The van der Waals surface area contributed by atoms with Gasteiger partial charge >= 0.3 is 0 Å². The van der Waals surface area contributed by atoms with Crippen molar-refractivity contribution in [1.82, 2.24) is 24.7 Å². The van der Waals surface area contributed by atoms with Crippen molar-refractivity contribution in [3.05, 3.63) is 56.4 Å². The van der Waals surface area contributed by atoms with Gasteiger partial charge in [0.05, 0.1) is 11.1 Å². The zero-order chi connectivity index (χ0) is 21.6. The average Bonchev–Trinajstić information content (AvgIpc) is 3.19. The Morgan fingerprint density at radius 3 is 2.50 bits per heavy atom. The number of aromatic nitrogens is 5. The molecule has 0 unspecified atom stereocenters. The van der Waals surface area contributed by atoms with Gasteiger partial charge in [-0.25, -0.2) is 4.98 Å². The summed E-state index contributed by atoms with van der Waals surface area (Å²) in [6.45, 7) is 10.6. The zero-order valence-electron chi connectivity index (χ0n) is 18.0. The van der Waals surface area contributed by atoms with Gasteiger partial charge in [-0.2, -0.15) is 0 Å². The van der Waals surface area contributed by atoms with Gasteiger partial charge in [-0.3, -0.25) is 4.79 Å². The van der Waals surface area contributed by atoms with E-state index in [2.05, 4.69) is 65.2 Å². The van der Waals surface area contributed by atoms with Crippen molar-refractivity contribution in [1.29, 1.82) is 0 Å². The summed E-state index contributed by atoms with van der Waals surface area (Å²) >= 11 is 3.08. The molecule has 0 saturated carbocycles. The topological polar surface area (TPSA) is 76.5 Å². The molecule has 0 atom stereocenters. The lowest BCUT2D eigenvalue weighted by molar-refractivity contribution is 0.590. The fourth-order valence-corrected chi connectivity index (χ4v) is 5.14. The predicted octanol–water partition coefficient (Wildman–Crippen LogP) is 4.99. The highest BCUT2D eigenvalue weighted by Gasteiger charge is 2.16. The number of aromatic amines is 1. The highest BCUT2D eigenvalue weighted by atomic mass is 32.2. The molecule has 1 aromatic carbocycles. The van der Waals surface area contributed by atoms with Gasteiger partial charge in [0.25, 0.3) is 5.56 Å². The van der Waals surface area contributed by atoms with E-state index in [-0.39, 0.29) is 11.0 Å². The maximum Gasteiger partial charge on any atom is 0.259 e. The lowest BCUT2D eigenvalue weighted by atomic mass is 9.87. The number of thioether (sulfide) groups is 1. The van der Waals surface area contributed by atoms with Crippen LogP contribution in [0.25, 0.3) is 21.6 Å². The first-order valence-electron chi connectivity index (χ1n) is 9.77. The fourth-order valence-electron chi connectivity index (χ4n) is 3.31. The highest BCUT2D eigenvalue weighted by Crippen LogP contribution is 2.29. The molecule has 3 heterocycles. The Morgan fingerprint density at radius 2 is 1.83 bits per heavy atom. The number of thiophene rings is 1. The van der Waals surface area contributed by atoms with E-state index in [1.165, 1.54) is 17.3 Å². The summed E-state index contributed by atoms with van der Waals surface area (Å²) in [5.41, 5.74) is 3.37. The normalized spacial score (nSPS) is 12.1. The zero-order valence-corrected chi connectivity index (χ0v) is 19.7. The number of nitrogens with one attached hydrogen (secondary N) is 1. The van der Waals surface area contributed by atoms with Crippen molar-refractivity contribution >= 4 is 33.3 Å². The van der Waals surface area contributed by atoms with Crippen molar-refractivity contribution in [3.63, 3.8) is 0 Å². The molecule has 4 rings (SSSR count). The Kier molecular flexibility index (Phi) is 5.32. The predicted molar refractivity (Wildman–Crippen MR) is 124 cm³/mol. The second-order valence-corrected chi connectivity index (χ2v) is 10.6.